The van der Waals surface area contributed by atoms with Crippen LogP contribution in [-0.2, 0) is 26.1 Å². The van der Waals surface area contributed by atoms with Crippen molar-refractivity contribution in [3.05, 3.63) is 46.8 Å². The van der Waals surface area contributed by atoms with Crippen LogP contribution in [0.2, 0.25) is 0 Å². The number of esters is 1. The molecule has 0 fully saturated rings. The summed E-state index contributed by atoms with van der Waals surface area (Å²) in [6.07, 6.45) is 0.0421. The first kappa shape index (κ1) is 24.4. The molecule has 1 amide bonds. The number of primary sulfonamides is 1. The molecule has 0 bridgehead atoms. The number of aryl methyl sites for hydroxylation is 1. The zero-order chi connectivity index (χ0) is 24.2. The third-order valence-electron chi connectivity index (χ3n) is 4.66. The van der Waals surface area contributed by atoms with Gasteiger partial charge in [0, 0.05) is 6.54 Å². The Balaban J connectivity index is 2.15. The van der Waals surface area contributed by atoms with Crippen LogP contribution >= 0.6 is 11.3 Å². The minimum absolute atomic E-state index is 0.0421. The van der Waals surface area contributed by atoms with Gasteiger partial charge in [-0.05, 0) is 37.3 Å². The van der Waals surface area contributed by atoms with Crippen molar-refractivity contribution >= 4 is 43.5 Å². The van der Waals surface area contributed by atoms with Crippen LogP contribution in [-0.4, -0.2) is 45.7 Å². The SMILES string of the molecule is CCOC(=O)CCn1c(=NC(=O)c2cccc(OC)c2OC)sc2cc(S(N)(=O)=O)ccc21. The fourth-order valence-electron chi connectivity index (χ4n) is 3.17. The van der Waals surface area contributed by atoms with E-state index in [1.807, 2.05) is 0 Å². The maximum Gasteiger partial charge on any atom is 0.307 e. The normalized spacial score (nSPS) is 12.1. The number of nitrogens with zero attached hydrogens (tertiary/aromatic N) is 2. The molecule has 10 nitrogen and oxygen atoms in total. The van der Waals surface area contributed by atoms with Gasteiger partial charge in [-0.3, -0.25) is 9.59 Å². The molecule has 33 heavy (non-hydrogen) atoms. The summed E-state index contributed by atoms with van der Waals surface area (Å²) in [4.78, 5) is 29.4. The summed E-state index contributed by atoms with van der Waals surface area (Å²) in [6, 6.07) is 9.19. The molecule has 0 aliphatic heterocycles. The summed E-state index contributed by atoms with van der Waals surface area (Å²) >= 11 is 1.10. The van der Waals surface area contributed by atoms with Crippen LogP contribution in [0, 0.1) is 0 Å². The molecule has 176 valence electrons. The molecule has 0 atom stereocenters. The Morgan fingerprint density at radius 2 is 1.91 bits per heavy atom. The van der Waals surface area contributed by atoms with Crippen molar-refractivity contribution < 1.29 is 32.2 Å². The van der Waals surface area contributed by atoms with Crippen LogP contribution in [0.25, 0.3) is 10.2 Å². The molecule has 0 saturated heterocycles. The maximum absolute atomic E-state index is 13.0. The molecule has 2 N–H and O–H groups in total. The van der Waals surface area contributed by atoms with Gasteiger partial charge >= 0.3 is 5.97 Å². The summed E-state index contributed by atoms with van der Waals surface area (Å²) in [6.45, 7) is 2.13. The number of thiazole rings is 1. The number of rotatable bonds is 8. The average Bonchev–Trinajstić information content (AvgIpc) is 3.12. The van der Waals surface area contributed by atoms with Gasteiger partial charge in [0.25, 0.3) is 5.91 Å². The van der Waals surface area contributed by atoms with Crippen molar-refractivity contribution in [2.24, 2.45) is 10.1 Å². The second-order valence-electron chi connectivity index (χ2n) is 6.72. The van der Waals surface area contributed by atoms with Crippen LogP contribution in [0.15, 0.2) is 46.3 Å². The van der Waals surface area contributed by atoms with Gasteiger partial charge in [-0.15, -0.1) is 0 Å². The number of hydrogen-bond acceptors (Lipinski definition) is 8. The van der Waals surface area contributed by atoms with Crippen LogP contribution in [0.5, 0.6) is 11.5 Å². The predicted molar refractivity (Wildman–Crippen MR) is 122 cm³/mol. The molecule has 1 aromatic heterocycles. The summed E-state index contributed by atoms with van der Waals surface area (Å²) < 4.78 is 41.3. The van der Waals surface area contributed by atoms with Crippen molar-refractivity contribution in [1.82, 2.24) is 4.57 Å². The molecule has 0 unspecified atom stereocenters. The predicted octanol–water partition coefficient (Wildman–Crippen LogP) is 2.06. The lowest BCUT2D eigenvalue weighted by Gasteiger charge is -2.10. The van der Waals surface area contributed by atoms with Gasteiger partial charge in [-0.2, -0.15) is 4.99 Å². The van der Waals surface area contributed by atoms with Gasteiger partial charge in [-0.25, -0.2) is 13.6 Å². The van der Waals surface area contributed by atoms with E-state index in [0.717, 1.165) is 11.3 Å². The largest absolute Gasteiger partial charge is 0.493 e. The van der Waals surface area contributed by atoms with E-state index in [0.29, 0.717) is 16.0 Å². The summed E-state index contributed by atoms with van der Waals surface area (Å²) in [5.74, 6) is -0.376. The number of sulfonamides is 1. The van der Waals surface area contributed by atoms with Crippen molar-refractivity contribution in [3.63, 3.8) is 0 Å². The van der Waals surface area contributed by atoms with Gasteiger partial charge in [0.15, 0.2) is 16.3 Å². The minimum atomic E-state index is -3.92. The molecule has 2 aromatic carbocycles. The molecule has 3 rings (SSSR count). The number of fused-ring (bicyclic) bond motifs is 1. The van der Waals surface area contributed by atoms with Crippen molar-refractivity contribution in [3.8, 4) is 11.5 Å². The van der Waals surface area contributed by atoms with Crippen LogP contribution < -0.4 is 19.4 Å². The molecule has 0 spiro atoms. The number of carbonyl (C=O) groups is 2. The van der Waals surface area contributed by atoms with E-state index < -0.39 is 21.9 Å². The fraction of sp³-hybridized carbons (Fsp3) is 0.286. The van der Waals surface area contributed by atoms with Gasteiger partial charge in [0.2, 0.25) is 10.0 Å². The number of ether oxygens (including phenoxy) is 3. The highest BCUT2D eigenvalue weighted by Gasteiger charge is 2.18. The number of para-hydroxylation sites is 1. The highest BCUT2D eigenvalue weighted by molar-refractivity contribution is 7.89. The van der Waals surface area contributed by atoms with Gasteiger partial charge < -0.3 is 18.8 Å². The second kappa shape index (κ2) is 10.1. The molecule has 0 aliphatic carbocycles. The third-order valence-corrected chi connectivity index (χ3v) is 6.61. The first-order valence-corrected chi connectivity index (χ1v) is 12.2. The van der Waals surface area contributed by atoms with E-state index in [9.17, 15) is 18.0 Å². The Kier molecular flexibility index (Phi) is 7.51. The molecule has 0 radical (unpaired) electrons. The number of methoxy groups -OCH3 is 2. The van der Waals surface area contributed by atoms with Crippen LogP contribution in [0.4, 0.5) is 0 Å². The lowest BCUT2D eigenvalue weighted by atomic mass is 10.2. The lowest BCUT2D eigenvalue weighted by molar-refractivity contribution is -0.143. The van der Waals surface area contributed by atoms with Crippen LogP contribution in [0.1, 0.15) is 23.7 Å². The maximum atomic E-state index is 13.0. The number of hydrogen-bond donors (Lipinski definition) is 1. The number of aromatic nitrogens is 1. The summed E-state index contributed by atoms with van der Waals surface area (Å²) in [7, 11) is -1.04. The van der Waals surface area contributed by atoms with E-state index in [-0.39, 0.29) is 40.6 Å². The molecule has 1 heterocycles. The average molecular weight is 494 g/mol. The summed E-state index contributed by atoms with van der Waals surface area (Å²) in [5.41, 5.74) is 0.789. The molecular weight excluding hydrogens is 470 g/mol. The van der Waals surface area contributed by atoms with Crippen molar-refractivity contribution in [1.29, 1.82) is 0 Å². The van der Waals surface area contributed by atoms with E-state index in [4.69, 9.17) is 19.3 Å². The highest BCUT2D eigenvalue weighted by Crippen LogP contribution is 2.31. The first-order chi connectivity index (χ1) is 15.7. The molecule has 0 aliphatic rings. The topological polar surface area (TPSA) is 139 Å². The molecule has 3 aromatic rings. The molecule has 0 saturated carbocycles. The highest BCUT2D eigenvalue weighted by atomic mass is 32.2. The monoisotopic (exact) mass is 493 g/mol. The number of nitrogens with two attached hydrogens (primary N) is 1. The Morgan fingerprint density at radius 3 is 2.55 bits per heavy atom. The number of amides is 1. The standard InChI is InChI=1S/C21H23N3O7S2/c1-4-31-18(25)10-11-24-15-9-8-13(33(22,27)28)12-17(15)32-21(24)23-20(26)14-6-5-7-16(29-2)19(14)30-3/h5-9,12H,4,10-11H2,1-3H3,(H2,22,27,28). The van der Waals surface area contributed by atoms with Crippen molar-refractivity contribution in [2.75, 3.05) is 20.8 Å². The van der Waals surface area contributed by atoms with E-state index in [1.54, 1.807) is 35.8 Å². The molecule has 12 heteroatoms. The minimum Gasteiger partial charge on any atom is -0.493 e. The third kappa shape index (κ3) is 5.41. The summed E-state index contributed by atoms with van der Waals surface area (Å²) in [5, 5.41) is 5.25. The van der Waals surface area contributed by atoms with E-state index in [1.165, 1.54) is 26.4 Å². The Bertz CT molecular complexity index is 1370. The Labute approximate surface area is 194 Å². The zero-order valence-electron chi connectivity index (χ0n) is 18.2. The van der Waals surface area contributed by atoms with Gasteiger partial charge in [0.1, 0.15) is 0 Å². The van der Waals surface area contributed by atoms with Crippen molar-refractivity contribution in [2.45, 2.75) is 24.8 Å². The van der Waals surface area contributed by atoms with Crippen LogP contribution in [0.3, 0.4) is 0 Å². The second-order valence-corrected chi connectivity index (χ2v) is 9.29. The lowest BCUT2D eigenvalue weighted by Crippen LogP contribution is -2.20. The Morgan fingerprint density at radius 1 is 1.15 bits per heavy atom. The quantitative estimate of drug-likeness (QED) is 0.474. The van der Waals surface area contributed by atoms with E-state index >= 15 is 0 Å². The number of benzene rings is 2. The van der Waals surface area contributed by atoms with E-state index in [2.05, 4.69) is 4.99 Å². The fourth-order valence-corrected chi connectivity index (χ4v) is 4.88. The smallest absolute Gasteiger partial charge is 0.307 e. The Hall–Kier alpha value is -3.22. The number of carbonyl (C=O) groups excluding carboxylic acids is 2. The first-order valence-electron chi connectivity index (χ1n) is 9.81. The van der Waals surface area contributed by atoms with Gasteiger partial charge in [0.05, 0.1) is 47.9 Å². The molecular formula is C21H23N3O7S2. The van der Waals surface area contributed by atoms with Gasteiger partial charge in [-0.1, -0.05) is 17.4 Å². The zero-order valence-corrected chi connectivity index (χ0v) is 19.9.